The van der Waals surface area contributed by atoms with E-state index in [1.807, 2.05) is 38.1 Å². The lowest BCUT2D eigenvalue weighted by Crippen LogP contribution is -2.43. The quantitative estimate of drug-likeness (QED) is 0.756. The summed E-state index contributed by atoms with van der Waals surface area (Å²) in [6.45, 7) is 7.45. The number of nitrogens with two attached hydrogens (primary N) is 1. The van der Waals surface area contributed by atoms with Gasteiger partial charge in [-0.1, -0.05) is 25.1 Å². The second-order valence-corrected chi connectivity index (χ2v) is 4.83. The molecular formula is C15H24N2O2. The minimum atomic E-state index is -0.492. The number of ether oxygens (including phenoxy) is 1. The van der Waals surface area contributed by atoms with E-state index >= 15 is 0 Å². The van der Waals surface area contributed by atoms with Crippen molar-refractivity contribution in [1.82, 2.24) is 5.32 Å². The minimum absolute atomic E-state index is 0.247. The van der Waals surface area contributed by atoms with E-state index in [4.69, 9.17) is 10.5 Å². The number of para-hydroxylation sites is 1. The summed E-state index contributed by atoms with van der Waals surface area (Å²) >= 11 is 0. The highest BCUT2D eigenvalue weighted by atomic mass is 16.5. The third-order valence-corrected chi connectivity index (χ3v) is 3.07. The van der Waals surface area contributed by atoms with Gasteiger partial charge in [-0.2, -0.15) is 0 Å². The fourth-order valence-electron chi connectivity index (χ4n) is 2.21. The predicted molar refractivity (Wildman–Crippen MR) is 77.1 cm³/mol. The molecule has 0 fully saturated rings. The molecule has 0 heterocycles. The van der Waals surface area contributed by atoms with Crippen molar-refractivity contribution in [3.05, 3.63) is 29.8 Å². The minimum Gasteiger partial charge on any atom is -0.494 e. The molecule has 1 amide bonds. The summed E-state index contributed by atoms with van der Waals surface area (Å²) in [6.07, 6.45) is 1.24. The lowest BCUT2D eigenvalue weighted by molar-refractivity contribution is -0.119. The van der Waals surface area contributed by atoms with Crippen molar-refractivity contribution in [1.29, 1.82) is 0 Å². The first-order valence-electron chi connectivity index (χ1n) is 6.79. The van der Waals surface area contributed by atoms with Gasteiger partial charge in [0.1, 0.15) is 5.75 Å². The molecule has 0 spiro atoms. The first-order chi connectivity index (χ1) is 9.03. The van der Waals surface area contributed by atoms with Crippen molar-refractivity contribution in [3.8, 4) is 5.75 Å². The molecule has 1 aromatic carbocycles. The zero-order chi connectivity index (χ0) is 14.3. The summed E-state index contributed by atoms with van der Waals surface area (Å²) in [5.41, 5.74) is 5.88. The maximum Gasteiger partial charge on any atom is 0.219 e. The van der Waals surface area contributed by atoms with E-state index in [1.54, 1.807) is 0 Å². The standard InChI is InChI=1S/C15H24N2O2/c1-4-10-17-15(3,11-14(16)18)12-8-6-7-9-13(12)19-5-2/h6-9,17H,4-5,10-11H2,1-3H3,(H2,16,18). The number of carbonyl (C=O) groups excluding carboxylic acids is 1. The van der Waals surface area contributed by atoms with Crippen LogP contribution in [0.1, 0.15) is 39.2 Å². The van der Waals surface area contributed by atoms with E-state index in [0.717, 1.165) is 24.3 Å². The number of hydrogen-bond donors (Lipinski definition) is 2. The fourth-order valence-corrected chi connectivity index (χ4v) is 2.21. The molecular weight excluding hydrogens is 240 g/mol. The van der Waals surface area contributed by atoms with Gasteiger partial charge in [0.25, 0.3) is 0 Å². The van der Waals surface area contributed by atoms with E-state index in [2.05, 4.69) is 12.2 Å². The van der Waals surface area contributed by atoms with Crippen LogP contribution >= 0.6 is 0 Å². The molecule has 0 saturated heterocycles. The zero-order valence-corrected chi connectivity index (χ0v) is 12.0. The number of nitrogens with one attached hydrogen (secondary N) is 1. The van der Waals surface area contributed by atoms with Crippen LogP contribution in [-0.4, -0.2) is 19.1 Å². The van der Waals surface area contributed by atoms with Crippen molar-refractivity contribution in [2.24, 2.45) is 5.73 Å². The summed E-state index contributed by atoms with van der Waals surface area (Å²) in [4.78, 5) is 11.4. The number of carbonyl (C=O) groups is 1. The van der Waals surface area contributed by atoms with Gasteiger partial charge in [-0.3, -0.25) is 4.79 Å². The Morgan fingerprint density at radius 1 is 1.37 bits per heavy atom. The number of benzene rings is 1. The molecule has 1 unspecified atom stereocenters. The Labute approximate surface area is 115 Å². The number of primary amides is 1. The fraction of sp³-hybridized carbons (Fsp3) is 0.533. The molecule has 0 aromatic heterocycles. The van der Waals surface area contributed by atoms with Crippen molar-refractivity contribution in [3.63, 3.8) is 0 Å². The highest BCUT2D eigenvalue weighted by molar-refractivity contribution is 5.75. The third-order valence-electron chi connectivity index (χ3n) is 3.07. The van der Waals surface area contributed by atoms with Gasteiger partial charge in [0.2, 0.25) is 5.91 Å². The van der Waals surface area contributed by atoms with E-state index in [-0.39, 0.29) is 12.3 Å². The van der Waals surface area contributed by atoms with Crippen molar-refractivity contribution < 1.29 is 9.53 Å². The van der Waals surface area contributed by atoms with Gasteiger partial charge in [-0.05, 0) is 32.9 Å². The SMILES string of the molecule is CCCNC(C)(CC(N)=O)c1ccccc1OCC. The van der Waals surface area contributed by atoms with Crippen LogP contribution in [0.3, 0.4) is 0 Å². The van der Waals surface area contributed by atoms with Gasteiger partial charge in [0.05, 0.1) is 12.1 Å². The average Bonchev–Trinajstić information content (AvgIpc) is 2.36. The molecule has 1 aromatic rings. The topological polar surface area (TPSA) is 64.3 Å². The van der Waals surface area contributed by atoms with Crippen LogP contribution < -0.4 is 15.8 Å². The summed E-state index contributed by atoms with van der Waals surface area (Å²) in [5, 5.41) is 3.41. The monoisotopic (exact) mass is 264 g/mol. The average molecular weight is 264 g/mol. The maximum atomic E-state index is 11.4. The van der Waals surface area contributed by atoms with Gasteiger partial charge in [0, 0.05) is 12.0 Å². The Morgan fingerprint density at radius 3 is 2.63 bits per heavy atom. The molecule has 4 heteroatoms. The van der Waals surface area contributed by atoms with Gasteiger partial charge >= 0.3 is 0 Å². The molecule has 0 radical (unpaired) electrons. The third kappa shape index (κ3) is 4.24. The van der Waals surface area contributed by atoms with Gasteiger partial charge in [-0.25, -0.2) is 0 Å². The highest BCUT2D eigenvalue weighted by Crippen LogP contribution is 2.32. The molecule has 4 nitrogen and oxygen atoms in total. The van der Waals surface area contributed by atoms with E-state index in [9.17, 15) is 4.79 Å². The van der Waals surface area contributed by atoms with Crippen LogP contribution in [0.15, 0.2) is 24.3 Å². The zero-order valence-electron chi connectivity index (χ0n) is 12.0. The molecule has 0 bridgehead atoms. The normalized spacial score (nSPS) is 13.8. The summed E-state index contributed by atoms with van der Waals surface area (Å²) < 4.78 is 5.65. The Kier molecular flexibility index (Phi) is 5.83. The lowest BCUT2D eigenvalue weighted by atomic mass is 9.87. The first-order valence-corrected chi connectivity index (χ1v) is 6.79. The molecule has 1 rings (SSSR count). The van der Waals surface area contributed by atoms with Crippen LogP contribution in [0.5, 0.6) is 5.75 Å². The lowest BCUT2D eigenvalue weighted by Gasteiger charge is -2.32. The Balaban J connectivity index is 3.11. The molecule has 0 saturated carbocycles. The van der Waals surface area contributed by atoms with E-state index in [0.29, 0.717) is 6.61 Å². The van der Waals surface area contributed by atoms with Crippen LogP contribution in [0, 0.1) is 0 Å². The first kappa shape index (κ1) is 15.5. The smallest absolute Gasteiger partial charge is 0.219 e. The number of hydrogen-bond acceptors (Lipinski definition) is 3. The Bertz CT molecular complexity index is 420. The van der Waals surface area contributed by atoms with E-state index in [1.165, 1.54) is 0 Å². The molecule has 0 aliphatic heterocycles. The van der Waals surface area contributed by atoms with Crippen LogP contribution in [0.2, 0.25) is 0 Å². The van der Waals surface area contributed by atoms with Crippen molar-refractivity contribution >= 4 is 5.91 Å². The van der Waals surface area contributed by atoms with Gasteiger partial charge in [-0.15, -0.1) is 0 Å². The molecule has 19 heavy (non-hydrogen) atoms. The summed E-state index contributed by atoms with van der Waals surface area (Å²) in [6, 6.07) is 7.78. The summed E-state index contributed by atoms with van der Waals surface area (Å²) in [7, 11) is 0. The van der Waals surface area contributed by atoms with Crippen LogP contribution in [-0.2, 0) is 10.3 Å². The van der Waals surface area contributed by atoms with Crippen LogP contribution in [0.4, 0.5) is 0 Å². The van der Waals surface area contributed by atoms with Gasteiger partial charge < -0.3 is 15.8 Å². The molecule has 1 atom stereocenters. The Morgan fingerprint density at radius 2 is 2.05 bits per heavy atom. The molecule has 0 aliphatic rings. The molecule has 3 N–H and O–H groups in total. The molecule has 106 valence electrons. The van der Waals surface area contributed by atoms with E-state index < -0.39 is 5.54 Å². The maximum absolute atomic E-state index is 11.4. The van der Waals surface area contributed by atoms with Crippen molar-refractivity contribution in [2.75, 3.05) is 13.2 Å². The van der Waals surface area contributed by atoms with Gasteiger partial charge in [0.15, 0.2) is 0 Å². The second-order valence-electron chi connectivity index (χ2n) is 4.83. The number of rotatable bonds is 8. The number of amides is 1. The largest absolute Gasteiger partial charge is 0.494 e. The van der Waals surface area contributed by atoms with Crippen LogP contribution in [0.25, 0.3) is 0 Å². The molecule has 0 aliphatic carbocycles. The predicted octanol–water partition coefficient (Wildman–Crippen LogP) is 2.18. The second kappa shape index (κ2) is 7.14. The summed E-state index contributed by atoms with van der Waals surface area (Å²) in [5.74, 6) is 0.481. The Hall–Kier alpha value is -1.55. The van der Waals surface area contributed by atoms with Crippen molar-refractivity contribution in [2.45, 2.75) is 39.2 Å². The highest BCUT2D eigenvalue weighted by Gasteiger charge is 2.30.